The van der Waals surface area contributed by atoms with Crippen molar-refractivity contribution < 1.29 is 42.2 Å². The second-order valence-electron chi connectivity index (χ2n) is 15.8. The van der Waals surface area contributed by atoms with E-state index in [1.165, 1.54) is 12.1 Å². The maximum absolute atomic E-state index is 14.1. The molecule has 2 amide bonds. The summed E-state index contributed by atoms with van der Waals surface area (Å²) in [5, 5.41) is 15.8. The maximum Gasteiger partial charge on any atom is 0.355 e. The predicted octanol–water partition coefficient (Wildman–Crippen LogP) is 6.64. The highest BCUT2D eigenvalue weighted by Gasteiger charge is 2.51. The van der Waals surface area contributed by atoms with Crippen LogP contribution in [0.4, 0.5) is 10.5 Å². The van der Waals surface area contributed by atoms with Gasteiger partial charge in [-0.1, -0.05) is 93.6 Å². The van der Waals surface area contributed by atoms with Crippen LogP contribution < -0.4 is 20.9 Å². The Hall–Kier alpha value is -7.17. The zero-order valence-electron chi connectivity index (χ0n) is 34.5. The number of nitrogens with one attached hydrogen (secondary N) is 3. The minimum Gasteiger partial charge on any atom is -0.481 e. The molecule has 0 saturated heterocycles. The first-order chi connectivity index (χ1) is 30.2. The molecule has 2 unspecified atom stereocenters. The van der Waals surface area contributed by atoms with Crippen molar-refractivity contribution >= 4 is 50.6 Å². The minimum absolute atomic E-state index is 0.0579. The third-order valence-corrected chi connectivity index (χ3v) is 12.9. The molecule has 2 aliphatic heterocycles. The number of aromatic nitrogens is 2. The van der Waals surface area contributed by atoms with Gasteiger partial charge in [-0.05, 0) is 71.5 Å². The highest BCUT2D eigenvalue weighted by Crippen LogP contribution is 2.41. The molecule has 8 rings (SSSR count). The third kappa shape index (κ3) is 8.29. The van der Waals surface area contributed by atoms with Gasteiger partial charge >= 0.3 is 23.9 Å². The fraction of sp³-hybridized carbons (Fsp3) is 0.234. The average Bonchev–Trinajstić information content (AvgIpc) is 3.63. The van der Waals surface area contributed by atoms with E-state index < -0.39 is 64.0 Å². The molecule has 0 bridgehead atoms. The topological polar surface area (TPSA) is 212 Å². The van der Waals surface area contributed by atoms with Crippen LogP contribution in [0.3, 0.4) is 0 Å². The van der Waals surface area contributed by atoms with Crippen molar-refractivity contribution in [1.82, 2.24) is 19.6 Å². The number of nitrogens with zero attached hydrogens (tertiary/aromatic N) is 2. The number of sulfonamides is 1. The summed E-state index contributed by atoms with van der Waals surface area (Å²) < 4.78 is 42.3. The van der Waals surface area contributed by atoms with Gasteiger partial charge in [0.15, 0.2) is 0 Å². The smallest absolute Gasteiger partial charge is 0.355 e. The lowest BCUT2D eigenvalue weighted by atomic mass is 9.85. The number of para-hydroxylation sites is 1. The van der Waals surface area contributed by atoms with Gasteiger partial charge in [0, 0.05) is 22.2 Å². The van der Waals surface area contributed by atoms with Crippen LogP contribution in [0.25, 0.3) is 33.4 Å². The molecule has 0 saturated carbocycles. The third-order valence-electron chi connectivity index (χ3n) is 11.4. The van der Waals surface area contributed by atoms with Gasteiger partial charge in [0.2, 0.25) is 15.6 Å². The van der Waals surface area contributed by atoms with Crippen molar-refractivity contribution in [3.05, 3.63) is 148 Å². The molecule has 15 nitrogen and oxygen atoms in total. The number of urea groups is 1. The number of hydrogen-bond donors (Lipinski definition) is 4. The second-order valence-corrected chi connectivity index (χ2v) is 17.5. The summed E-state index contributed by atoms with van der Waals surface area (Å²) in [6, 6.07) is 29.5. The molecule has 4 heterocycles. The monoisotopic (exact) mass is 869 g/mol. The Morgan fingerprint density at radius 2 is 1.63 bits per heavy atom. The number of ether oxygens (including phenoxy) is 2. The number of carbonyl (C=O) groups excluding carboxylic acids is 3. The summed E-state index contributed by atoms with van der Waals surface area (Å²) in [5.41, 5.74) is 2.82. The number of pyridine rings is 2. The van der Waals surface area contributed by atoms with Crippen molar-refractivity contribution in [3.63, 3.8) is 0 Å². The Bertz CT molecular complexity index is 2970. The fourth-order valence-electron chi connectivity index (χ4n) is 8.07. The van der Waals surface area contributed by atoms with Gasteiger partial charge in [-0.3, -0.25) is 9.59 Å². The summed E-state index contributed by atoms with van der Waals surface area (Å²) in [6.07, 6.45) is -0.510. The van der Waals surface area contributed by atoms with Crippen molar-refractivity contribution in [2.45, 2.75) is 69.3 Å². The van der Waals surface area contributed by atoms with Crippen LogP contribution in [0.2, 0.25) is 0 Å². The highest BCUT2D eigenvalue weighted by molar-refractivity contribution is 7.89. The number of hydrogen-bond acceptors (Lipinski definition) is 10. The van der Waals surface area contributed by atoms with Gasteiger partial charge in [0.25, 0.3) is 5.56 Å². The van der Waals surface area contributed by atoms with E-state index in [2.05, 4.69) is 15.4 Å². The number of benzene rings is 4. The van der Waals surface area contributed by atoms with Crippen LogP contribution in [0, 0.1) is 5.92 Å². The first-order valence-electron chi connectivity index (χ1n) is 20.3. The van der Waals surface area contributed by atoms with Gasteiger partial charge in [0.05, 0.1) is 46.4 Å². The largest absolute Gasteiger partial charge is 0.481 e. The van der Waals surface area contributed by atoms with E-state index in [0.717, 1.165) is 16.5 Å². The number of anilines is 1. The van der Waals surface area contributed by atoms with E-state index in [1.807, 2.05) is 30.3 Å². The lowest BCUT2D eigenvalue weighted by molar-refractivity contribution is -0.191. The molecular weight excluding hydrogens is 827 g/mol. The normalized spacial score (nSPS) is 16.3. The van der Waals surface area contributed by atoms with E-state index >= 15 is 0 Å². The molecule has 4 N–H and O–H groups in total. The average molecular weight is 870 g/mol. The van der Waals surface area contributed by atoms with Crippen LogP contribution in [0.15, 0.2) is 125 Å². The summed E-state index contributed by atoms with van der Waals surface area (Å²) in [5.74, 6) is -3.41. The number of aliphatic carboxylic acids is 1. The molecule has 0 spiro atoms. The lowest BCUT2D eigenvalue weighted by Crippen LogP contribution is -2.53. The van der Waals surface area contributed by atoms with E-state index in [9.17, 15) is 37.5 Å². The van der Waals surface area contributed by atoms with Crippen molar-refractivity contribution in [2.24, 2.45) is 5.92 Å². The molecule has 63 heavy (non-hydrogen) atoms. The van der Waals surface area contributed by atoms with Crippen molar-refractivity contribution in [1.29, 1.82) is 0 Å². The number of fused-ring (bicyclic) bond motifs is 5. The minimum atomic E-state index is -4.12. The molecule has 0 radical (unpaired) electrons. The number of carboxylic acid groups (broad SMARTS) is 1. The molecule has 16 heteroatoms. The molecule has 322 valence electrons. The number of esters is 2. The summed E-state index contributed by atoms with van der Waals surface area (Å²) in [7, 11) is -4.12. The Morgan fingerprint density at radius 3 is 2.35 bits per heavy atom. The van der Waals surface area contributed by atoms with Crippen LogP contribution in [-0.4, -0.2) is 53.1 Å². The Kier molecular flexibility index (Phi) is 11.4. The van der Waals surface area contributed by atoms with E-state index in [1.54, 1.807) is 98.1 Å². The SMILES string of the molecule is CCC1(OC(=O)[C@H](NC(=O)Nc2cccc(-c3ccc(S(=O)(=O)NC(CC(=O)O)c4ccccc4)cc3)c2)C(C)C)C(=O)OCc2c1cc1n(c2=O)Cc2cc3ccccc3nc2-1. The van der Waals surface area contributed by atoms with E-state index in [4.69, 9.17) is 14.5 Å². The summed E-state index contributed by atoms with van der Waals surface area (Å²) in [6.45, 7) is 5.05. The second kappa shape index (κ2) is 16.9. The Morgan fingerprint density at radius 1 is 0.905 bits per heavy atom. The van der Waals surface area contributed by atoms with E-state index in [0.29, 0.717) is 33.8 Å². The maximum atomic E-state index is 14.1. The predicted molar refractivity (Wildman–Crippen MR) is 233 cm³/mol. The molecule has 0 aliphatic carbocycles. The number of amides is 2. The van der Waals surface area contributed by atoms with Gasteiger partial charge in [-0.25, -0.2) is 32.5 Å². The number of rotatable bonds is 13. The fourth-order valence-corrected chi connectivity index (χ4v) is 9.29. The van der Waals surface area contributed by atoms with Crippen molar-refractivity contribution in [3.8, 4) is 22.5 Å². The quantitative estimate of drug-likeness (QED) is 0.0903. The molecule has 2 aliphatic rings. The van der Waals surface area contributed by atoms with Crippen LogP contribution in [0.1, 0.15) is 61.9 Å². The zero-order chi connectivity index (χ0) is 44.6. The lowest BCUT2D eigenvalue weighted by Gasteiger charge is -2.37. The molecule has 6 aromatic rings. The van der Waals surface area contributed by atoms with Gasteiger partial charge in [-0.15, -0.1) is 0 Å². The van der Waals surface area contributed by atoms with Crippen LogP contribution in [-0.2, 0) is 52.6 Å². The summed E-state index contributed by atoms with van der Waals surface area (Å²) >= 11 is 0. The first kappa shape index (κ1) is 42.5. The number of cyclic esters (lactones) is 1. The number of carbonyl (C=O) groups is 4. The summed E-state index contributed by atoms with van der Waals surface area (Å²) in [4.78, 5) is 71.6. The first-order valence-corrected chi connectivity index (χ1v) is 21.8. The van der Waals surface area contributed by atoms with Crippen LogP contribution in [0.5, 0.6) is 0 Å². The van der Waals surface area contributed by atoms with Crippen molar-refractivity contribution in [2.75, 3.05) is 5.32 Å². The number of carboxylic acids is 1. The molecule has 2 aromatic heterocycles. The molecule has 3 atom stereocenters. The standard InChI is InChI=1S/C47H43N5O10S/c1-4-47(36-23-39-42-32(21-31-13-8-9-16-37(31)49-42)25-52(39)43(55)35(36)26-61-45(47)57)62-44(56)41(27(2)3)50-46(58)48-33-15-10-14-30(22-33)28-17-19-34(20-18-28)63(59,60)51-38(24-40(53)54)29-11-6-5-7-12-29/h5-23,27,38,41,51H,4,24-26H2,1-3H3,(H,53,54)(H2,48,50,58)/t38?,41-,47?/m1/s1. The zero-order valence-corrected chi connectivity index (χ0v) is 35.3. The molecular formula is C47H43N5O10S. The molecule has 0 fully saturated rings. The highest BCUT2D eigenvalue weighted by atomic mass is 32.2. The van der Waals surface area contributed by atoms with Crippen LogP contribution >= 0.6 is 0 Å². The van der Waals surface area contributed by atoms with Gasteiger partial charge in [0.1, 0.15) is 12.6 Å². The van der Waals surface area contributed by atoms with E-state index in [-0.39, 0.29) is 41.2 Å². The molecule has 4 aromatic carbocycles. The Labute approximate surface area is 362 Å². The Balaban J connectivity index is 0.982. The van der Waals surface area contributed by atoms with Gasteiger partial charge < -0.3 is 29.8 Å². The van der Waals surface area contributed by atoms with Gasteiger partial charge in [-0.2, -0.15) is 0 Å².